The van der Waals surface area contributed by atoms with E-state index in [1.807, 2.05) is 32.0 Å². The van der Waals surface area contributed by atoms with Crippen molar-refractivity contribution in [2.24, 2.45) is 0 Å². The molecular formula is C14H18N2O2. The van der Waals surface area contributed by atoms with E-state index in [2.05, 4.69) is 9.97 Å². The highest BCUT2D eigenvalue weighted by Crippen LogP contribution is 2.29. The first kappa shape index (κ1) is 12.6. The van der Waals surface area contributed by atoms with Crippen molar-refractivity contribution in [2.45, 2.75) is 20.3 Å². The molecule has 1 aromatic carbocycles. The number of aromatic amines is 1. The summed E-state index contributed by atoms with van der Waals surface area (Å²) < 4.78 is 5.35. The van der Waals surface area contributed by atoms with Crippen molar-refractivity contribution in [3.05, 3.63) is 35.2 Å². The number of imidazole rings is 1. The first-order valence-electron chi connectivity index (χ1n) is 5.97. The lowest BCUT2D eigenvalue weighted by Crippen LogP contribution is -1.93. The Morgan fingerprint density at radius 1 is 1.33 bits per heavy atom. The van der Waals surface area contributed by atoms with Gasteiger partial charge in [-0.15, -0.1) is 0 Å². The molecule has 0 unspecified atom stereocenters. The molecule has 0 bridgehead atoms. The molecule has 0 saturated heterocycles. The summed E-state index contributed by atoms with van der Waals surface area (Å²) in [5.41, 5.74) is 3.99. The highest BCUT2D eigenvalue weighted by Gasteiger charge is 2.12. The Hall–Kier alpha value is -1.81. The number of rotatable bonds is 4. The van der Waals surface area contributed by atoms with Crippen LogP contribution in [0.25, 0.3) is 11.4 Å². The van der Waals surface area contributed by atoms with Crippen LogP contribution < -0.4 is 4.74 Å². The molecule has 0 amide bonds. The number of nitrogens with one attached hydrogen (secondary N) is 1. The van der Waals surface area contributed by atoms with Gasteiger partial charge in [0.1, 0.15) is 11.6 Å². The average molecular weight is 246 g/mol. The standard InChI is InChI=1S/C14H18N2O2/c1-9-4-5-13(18-3)11(8-9)14-15-10(2)12(16-14)6-7-17/h4-5,8,17H,6-7H2,1-3H3,(H,15,16). The molecule has 18 heavy (non-hydrogen) atoms. The molecular weight excluding hydrogens is 228 g/mol. The molecule has 2 aromatic rings. The quantitative estimate of drug-likeness (QED) is 0.869. The molecule has 2 N–H and O–H groups in total. The first-order chi connectivity index (χ1) is 8.65. The van der Waals surface area contributed by atoms with Gasteiger partial charge >= 0.3 is 0 Å². The van der Waals surface area contributed by atoms with Crippen LogP contribution in [-0.4, -0.2) is 28.8 Å². The summed E-state index contributed by atoms with van der Waals surface area (Å²) in [7, 11) is 1.65. The van der Waals surface area contributed by atoms with E-state index in [-0.39, 0.29) is 6.61 Å². The summed E-state index contributed by atoms with van der Waals surface area (Å²) in [5.74, 6) is 1.58. The van der Waals surface area contributed by atoms with E-state index in [1.54, 1.807) is 7.11 Å². The molecule has 0 aliphatic rings. The minimum atomic E-state index is 0.107. The number of aryl methyl sites for hydroxylation is 2. The van der Waals surface area contributed by atoms with Crippen LogP contribution in [0.2, 0.25) is 0 Å². The molecule has 0 saturated carbocycles. The van der Waals surface area contributed by atoms with Gasteiger partial charge in [-0.05, 0) is 26.0 Å². The van der Waals surface area contributed by atoms with E-state index >= 15 is 0 Å². The van der Waals surface area contributed by atoms with Crippen molar-refractivity contribution < 1.29 is 9.84 Å². The van der Waals surface area contributed by atoms with Crippen LogP contribution in [-0.2, 0) is 6.42 Å². The Labute approximate surface area is 107 Å². The van der Waals surface area contributed by atoms with E-state index < -0.39 is 0 Å². The van der Waals surface area contributed by atoms with Crippen LogP contribution >= 0.6 is 0 Å². The molecule has 96 valence electrons. The second-order valence-corrected chi connectivity index (χ2v) is 4.33. The zero-order chi connectivity index (χ0) is 13.1. The topological polar surface area (TPSA) is 58.1 Å². The number of aromatic nitrogens is 2. The van der Waals surface area contributed by atoms with Gasteiger partial charge in [-0.3, -0.25) is 0 Å². The van der Waals surface area contributed by atoms with Gasteiger partial charge in [0.15, 0.2) is 0 Å². The van der Waals surface area contributed by atoms with Crippen molar-refractivity contribution in [1.29, 1.82) is 0 Å². The molecule has 0 fully saturated rings. The van der Waals surface area contributed by atoms with Crippen molar-refractivity contribution in [1.82, 2.24) is 9.97 Å². The smallest absolute Gasteiger partial charge is 0.141 e. The normalized spacial score (nSPS) is 10.7. The molecule has 4 heteroatoms. The summed E-state index contributed by atoms with van der Waals surface area (Å²) in [6.07, 6.45) is 0.566. The highest BCUT2D eigenvalue weighted by molar-refractivity contribution is 5.65. The van der Waals surface area contributed by atoms with Gasteiger partial charge in [-0.2, -0.15) is 0 Å². The van der Waals surface area contributed by atoms with Crippen molar-refractivity contribution >= 4 is 0 Å². The predicted molar refractivity (Wildman–Crippen MR) is 70.8 cm³/mol. The number of hydrogen-bond donors (Lipinski definition) is 2. The fraction of sp³-hybridized carbons (Fsp3) is 0.357. The Bertz CT molecular complexity index is 547. The fourth-order valence-electron chi connectivity index (χ4n) is 1.98. The summed E-state index contributed by atoms with van der Waals surface area (Å²) in [5, 5.41) is 8.99. The predicted octanol–water partition coefficient (Wildman–Crippen LogP) is 2.24. The summed E-state index contributed by atoms with van der Waals surface area (Å²) in [4.78, 5) is 7.77. The van der Waals surface area contributed by atoms with Crippen molar-refractivity contribution in [2.75, 3.05) is 13.7 Å². The highest BCUT2D eigenvalue weighted by atomic mass is 16.5. The number of H-pyrrole nitrogens is 1. The van der Waals surface area contributed by atoms with E-state index in [1.165, 1.54) is 0 Å². The largest absolute Gasteiger partial charge is 0.496 e. The van der Waals surface area contributed by atoms with Gasteiger partial charge in [0.05, 0.1) is 18.4 Å². The number of aliphatic hydroxyl groups is 1. The lowest BCUT2D eigenvalue weighted by molar-refractivity contribution is 0.298. The Morgan fingerprint density at radius 2 is 2.11 bits per heavy atom. The van der Waals surface area contributed by atoms with Gasteiger partial charge in [-0.1, -0.05) is 11.6 Å². The van der Waals surface area contributed by atoms with E-state index in [0.717, 1.165) is 34.1 Å². The first-order valence-corrected chi connectivity index (χ1v) is 5.97. The number of aliphatic hydroxyl groups excluding tert-OH is 1. The maximum Gasteiger partial charge on any atom is 0.141 e. The van der Waals surface area contributed by atoms with Crippen LogP contribution in [0.4, 0.5) is 0 Å². The Kier molecular flexibility index (Phi) is 3.67. The van der Waals surface area contributed by atoms with E-state index in [0.29, 0.717) is 6.42 Å². The minimum absolute atomic E-state index is 0.107. The monoisotopic (exact) mass is 246 g/mol. The summed E-state index contributed by atoms with van der Waals surface area (Å²) in [6, 6.07) is 5.99. The summed E-state index contributed by atoms with van der Waals surface area (Å²) >= 11 is 0. The van der Waals surface area contributed by atoms with Crippen LogP contribution in [0, 0.1) is 13.8 Å². The fourth-order valence-corrected chi connectivity index (χ4v) is 1.98. The maximum atomic E-state index is 8.99. The third-order valence-corrected chi connectivity index (χ3v) is 2.94. The molecule has 0 aliphatic heterocycles. The Balaban J connectivity index is 2.47. The van der Waals surface area contributed by atoms with Crippen molar-refractivity contribution in [3.8, 4) is 17.1 Å². The SMILES string of the molecule is COc1ccc(C)cc1-c1nc(CCO)c(C)[nH]1. The summed E-state index contributed by atoms with van der Waals surface area (Å²) in [6.45, 7) is 4.10. The van der Waals surface area contributed by atoms with E-state index in [4.69, 9.17) is 9.84 Å². The second-order valence-electron chi connectivity index (χ2n) is 4.33. The lowest BCUT2D eigenvalue weighted by Gasteiger charge is -2.06. The third-order valence-electron chi connectivity index (χ3n) is 2.94. The lowest BCUT2D eigenvalue weighted by atomic mass is 10.1. The number of ether oxygens (including phenoxy) is 1. The van der Waals surface area contributed by atoms with Gasteiger partial charge in [0, 0.05) is 18.7 Å². The molecule has 0 spiro atoms. The molecule has 1 aromatic heterocycles. The number of nitrogens with zero attached hydrogens (tertiary/aromatic N) is 1. The van der Waals surface area contributed by atoms with Crippen molar-refractivity contribution in [3.63, 3.8) is 0 Å². The Morgan fingerprint density at radius 3 is 2.78 bits per heavy atom. The van der Waals surface area contributed by atoms with Crippen LogP contribution in [0.15, 0.2) is 18.2 Å². The number of methoxy groups -OCH3 is 1. The zero-order valence-electron chi connectivity index (χ0n) is 10.9. The number of benzene rings is 1. The van der Waals surface area contributed by atoms with Crippen LogP contribution in [0.5, 0.6) is 5.75 Å². The van der Waals surface area contributed by atoms with Gasteiger partial charge < -0.3 is 14.8 Å². The maximum absolute atomic E-state index is 8.99. The van der Waals surface area contributed by atoms with Crippen LogP contribution in [0.1, 0.15) is 17.0 Å². The third kappa shape index (κ3) is 2.38. The minimum Gasteiger partial charge on any atom is -0.496 e. The molecule has 0 aliphatic carbocycles. The van der Waals surface area contributed by atoms with Gasteiger partial charge in [0.2, 0.25) is 0 Å². The molecule has 0 radical (unpaired) electrons. The molecule has 2 rings (SSSR count). The van der Waals surface area contributed by atoms with Gasteiger partial charge in [0.25, 0.3) is 0 Å². The average Bonchev–Trinajstić information content (AvgIpc) is 2.71. The molecule has 1 heterocycles. The molecule has 4 nitrogen and oxygen atoms in total. The number of hydrogen-bond acceptors (Lipinski definition) is 3. The van der Waals surface area contributed by atoms with Crippen LogP contribution in [0.3, 0.4) is 0 Å². The van der Waals surface area contributed by atoms with Gasteiger partial charge in [-0.25, -0.2) is 4.98 Å². The second kappa shape index (κ2) is 5.23. The zero-order valence-corrected chi connectivity index (χ0v) is 10.9. The molecule has 0 atom stereocenters. The van der Waals surface area contributed by atoms with E-state index in [9.17, 15) is 0 Å².